The van der Waals surface area contributed by atoms with Crippen LogP contribution in [0.5, 0.6) is 0 Å². The number of furan rings is 1. The Morgan fingerprint density at radius 3 is 2.35 bits per heavy atom. The van der Waals surface area contributed by atoms with Gasteiger partial charge in [-0.2, -0.15) is 0 Å². The fraction of sp³-hybridized carbons (Fsp3) is 0.316. The topological polar surface area (TPSA) is 88.4 Å². The molecular formula is C19H19BrN2O4. The van der Waals surface area contributed by atoms with E-state index in [1.807, 2.05) is 13.8 Å². The number of benzene rings is 1. The molecule has 3 rings (SSSR count). The van der Waals surface area contributed by atoms with Crippen LogP contribution in [0.15, 0.2) is 33.2 Å². The number of fused-ring (bicyclic) bond motifs is 1. The number of Topliss-reactive ketones (excluding diaryl/α,β-unsaturated/α-hetero) is 1. The number of carbonyl (C=O) groups is 3. The third-order valence-corrected chi connectivity index (χ3v) is 4.91. The number of ketones is 1. The van der Waals surface area contributed by atoms with Gasteiger partial charge in [0.1, 0.15) is 5.76 Å². The minimum absolute atomic E-state index is 0.0181. The van der Waals surface area contributed by atoms with Crippen molar-refractivity contribution in [2.45, 2.75) is 33.6 Å². The Hall–Kier alpha value is -2.41. The lowest BCUT2D eigenvalue weighted by molar-refractivity contribution is 0.0827. The highest BCUT2D eigenvalue weighted by Crippen LogP contribution is 2.38. The number of carbonyl (C=O) groups excluding carboxylic acids is 3. The smallest absolute Gasteiger partial charge is 0.305 e. The number of hydrazine groups is 1. The van der Waals surface area contributed by atoms with E-state index in [1.54, 1.807) is 31.2 Å². The van der Waals surface area contributed by atoms with Crippen molar-refractivity contribution in [2.75, 3.05) is 0 Å². The monoisotopic (exact) mass is 418 g/mol. The summed E-state index contributed by atoms with van der Waals surface area (Å²) in [6.07, 6.45) is 1.01. The van der Waals surface area contributed by atoms with Crippen LogP contribution in [0.4, 0.5) is 0 Å². The molecule has 136 valence electrons. The molecule has 0 spiro atoms. The van der Waals surface area contributed by atoms with E-state index in [9.17, 15) is 14.4 Å². The molecule has 1 aliphatic rings. The van der Waals surface area contributed by atoms with Gasteiger partial charge in [-0.1, -0.05) is 29.8 Å². The Bertz CT molecular complexity index is 897. The first-order chi connectivity index (χ1) is 12.2. The fourth-order valence-electron chi connectivity index (χ4n) is 3.14. The molecule has 0 fully saturated rings. The zero-order valence-electron chi connectivity index (χ0n) is 14.7. The van der Waals surface area contributed by atoms with E-state index in [0.29, 0.717) is 35.3 Å². The van der Waals surface area contributed by atoms with Crippen molar-refractivity contribution in [3.63, 3.8) is 0 Å². The van der Waals surface area contributed by atoms with E-state index in [0.717, 1.165) is 4.47 Å². The summed E-state index contributed by atoms with van der Waals surface area (Å²) >= 11 is 3.29. The van der Waals surface area contributed by atoms with Gasteiger partial charge < -0.3 is 4.42 Å². The second kappa shape index (κ2) is 6.72. The van der Waals surface area contributed by atoms with Crippen LogP contribution < -0.4 is 10.9 Å². The summed E-state index contributed by atoms with van der Waals surface area (Å²) in [5.74, 6) is -0.467. The fourth-order valence-corrected chi connectivity index (χ4v) is 3.41. The summed E-state index contributed by atoms with van der Waals surface area (Å²) in [6.45, 7) is 5.66. The Labute approximate surface area is 159 Å². The average molecular weight is 419 g/mol. The maximum Gasteiger partial charge on any atom is 0.305 e. The third-order valence-electron chi connectivity index (χ3n) is 4.38. The molecule has 1 heterocycles. The SMILES string of the molecule is Cc1c(C(=O)NNC(=O)c2ccc(Br)cc2)oc2c1C(=O)CC(C)(C)C2. The van der Waals surface area contributed by atoms with Gasteiger partial charge in [-0.05, 0) is 36.6 Å². The van der Waals surface area contributed by atoms with E-state index in [4.69, 9.17) is 4.42 Å². The second-order valence-corrected chi connectivity index (χ2v) is 8.13. The summed E-state index contributed by atoms with van der Waals surface area (Å²) < 4.78 is 6.52. The molecule has 2 aromatic rings. The largest absolute Gasteiger partial charge is 0.455 e. The van der Waals surface area contributed by atoms with Crippen molar-refractivity contribution in [3.8, 4) is 0 Å². The summed E-state index contributed by atoms with van der Waals surface area (Å²) in [4.78, 5) is 36.9. The Morgan fingerprint density at radius 2 is 1.69 bits per heavy atom. The number of hydrogen-bond donors (Lipinski definition) is 2. The lowest BCUT2D eigenvalue weighted by atomic mass is 9.76. The van der Waals surface area contributed by atoms with E-state index in [-0.39, 0.29) is 17.0 Å². The van der Waals surface area contributed by atoms with Gasteiger partial charge in [-0.15, -0.1) is 0 Å². The van der Waals surface area contributed by atoms with E-state index in [2.05, 4.69) is 26.8 Å². The Balaban J connectivity index is 1.74. The molecule has 0 saturated heterocycles. The molecule has 1 aromatic heterocycles. The molecule has 0 aliphatic heterocycles. The number of halogens is 1. The van der Waals surface area contributed by atoms with Crippen molar-refractivity contribution in [2.24, 2.45) is 5.41 Å². The minimum Gasteiger partial charge on any atom is -0.455 e. The van der Waals surface area contributed by atoms with Crippen LogP contribution in [0.3, 0.4) is 0 Å². The quantitative estimate of drug-likeness (QED) is 0.729. The van der Waals surface area contributed by atoms with Gasteiger partial charge in [0.25, 0.3) is 5.91 Å². The van der Waals surface area contributed by atoms with E-state index >= 15 is 0 Å². The summed E-state index contributed by atoms with van der Waals surface area (Å²) in [7, 11) is 0. The molecule has 0 bridgehead atoms. The number of nitrogens with one attached hydrogen (secondary N) is 2. The first kappa shape index (κ1) is 18.4. The van der Waals surface area contributed by atoms with Gasteiger partial charge in [-0.25, -0.2) is 0 Å². The van der Waals surface area contributed by atoms with Gasteiger partial charge in [0, 0.05) is 28.4 Å². The molecule has 7 heteroatoms. The highest BCUT2D eigenvalue weighted by Gasteiger charge is 2.37. The highest BCUT2D eigenvalue weighted by molar-refractivity contribution is 9.10. The van der Waals surface area contributed by atoms with Crippen molar-refractivity contribution < 1.29 is 18.8 Å². The Morgan fingerprint density at radius 1 is 1.08 bits per heavy atom. The summed E-state index contributed by atoms with van der Waals surface area (Å²) in [5, 5.41) is 0. The summed E-state index contributed by atoms with van der Waals surface area (Å²) in [5.41, 5.74) is 5.91. The molecule has 0 saturated carbocycles. The van der Waals surface area contributed by atoms with Crippen molar-refractivity contribution in [3.05, 3.63) is 56.9 Å². The predicted molar refractivity (Wildman–Crippen MR) is 99.0 cm³/mol. The molecule has 1 aromatic carbocycles. The lowest BCUT2D eigenvalue weighted by Gasteiger charge is -2.27. The van der Waals surface area contributed by atoms with Gasteiger partial charge in [-0.3, -0.25) is 25.2 Å². The Kier molecular flexibility index (Phi) is 4.75. The van der Waals surface area contributed by atoms with Crippen molar-refractivity contribution in [1.82, 2.24) is 10.9 Å². The maximum absolute atomic E-state index is 12.4. The van der Waals surface area contributed by atoms with Gasteiger partial charge in [0.2, 0.25) is 0 Å². The average Bonchev–Trinajstić information content (AvgIpc) is 2.88. The lowest BCUT2D eigenvalue weighted by Crippen LogP contribution is -2.41. The molecule has 0 atom stereocenters. The standard InChI is InChI=1S/C19H19BrN2O4/c1-10-15-13(23)8-19(2,3)9-14(15)26-16(10)18(25)22-21-17(24)11-4-6-12(20)7-5-11/h4-7H,8-9H2,1-3H3,(H,21,24)(H,22,25). The van der Waals surface area contributed by atoms with Gasteiger partial charge in [0.15, 0.2) is 11.5 Å². The first-order valence-electron chi connectivity index (χ1n) is 8.20. The summed E-state index contributed by atoms with van der Waals surface area (Å²) in [6, 6.07) is 6.72. The third kappa shape index (κ3) is 3.58. The van der Waals surface area contributed by atoms with Gasteiger partial charge >= 0.3 is 5.91 Å². The van der Waals surface area contributed by atoms with Crippen LogP contribution in [-0.2, 0) is 6.42 Å². The number of amides is 2. The van der Waals surface area contributed by atoms with Crippen LogP contribution in [0, 0.1) is 12.3 Å². The zero-order valence-corrected chi connectivity index (χ0v) is 16.3. The van der Waals surface area contributed by atoms with Crippen LogP contribution in [0.1, 0.15) is 62.9 Å². The molecule has 1 aliphatic carbocycles. The van der Waals surface area contributed by atoms with Crippen LogP contribution in [0.2, 0.25) is 0 Å². The number of rotatable bonds is 2. The molecule has 2 N–H and O–H groups in total. The molecule has 0 radical (unpaired) electrons. The normalized spacial score (nSPS) is 15.3. The molecule has 2 amide bonds. The van der Waals surface area contributed by atoms with E-state index < -0.39 is 11.8 Å². The van der Waals surface area contributed by atoms with Crippen LogP contribution in [0.25, 0.3) is 0 Å². The molecule has 26 heavy (non-hydrogen) atoms. The van der Waals surface area contributed by atoms with Crippen LogP contribution >= 0.6 is 15.9 Å². The highest BCUT2D eigenvalue weighted by atomic mass is 79.9. The minimum atomic E-state index is -0.590. The van der Waals surface area contributed by atoms with Crippen molar-refractivity contribution >= 4 is 33.5 Å². The molecular weight excluding hydrogens is 400 g/mol. The van der Waals surface area contributed by atoms with E-state index in [1.165, 1.54) is 0 Å². The number of hydrogen-bond acceptors (Lipinski definition) is 4. The molecule has 6 nitrogen and oxygen atoms in total. The van der Waals surface area contributed by atoms with Crippen molar-refractivity contribution in [1.29, 1.82) is 0 Å². The van der Waals surface area contributed by atoms with Gasteiger partial charge in [0.05, 0.1) is 5.56 Å². The maximum atomic E-state index is 12.4. The van der Waals surface area contributed by atoms with Crippen LogP contribution in [-0.4, -0.2) is 17.6 Å². The second-order valence-electron chi connectivity index (χ2n) is 7.21. The predicted octanol–water partition coefficient (Wildman–Crippen LogP) is 3.58. The zero-order chi connectivity index (χ0) is 19.1. The first-order valence-corrected chi connectivity index (χ1v) is 8.99. The molecule has 0 unspecified atom stereocenters.